The van der Waals surface area contributed by atoms with E-state index in [0.717, 1.165) is 35.1 Å². The van der Waals surface area contributed by atoms with Crippen molar-refractivity contribution in [2.45, 2.75) is 64.0 Å². The predicted molar refractivity (Wildman–Crippen MR) is 133 cm³/mol. The number of hydrogen-bond acceptors (Lipinski definition) is 4. The molecule has 7 nitrogen and oxygen atoms in total. The zero-order valence-corrected chi connectivity index (χ0v) is 20.3. The minimum atomic E-state index is -0.809. The molecule has 186 valence electrons. The molecule has 1 saturated carbocycles. The number of carboxylic acid groups (broad SMARTS) is 1. The molecule has 0 aliphatic heterocycles. The molecular formula is C28H34N2O5. The van der Waals surface area contributed by atoms with E-state index in [1.54, 1.807) is 0 Å². The Bertz CT molecular complexity index is 1040. The molecular weight excluding hydrogens is 444 g/mol. The van der Waals surface area contributed by atoms with E-state index in [1.165, 1.54) is 0 Å². The lowest BCUT2D eigenvalue weighted by Crippen LogP contribution is -2.52. The Kier molecular flexibility index (Phi) is 7.73. The zero-order valence-electron chi connectivity index (χ0n) is 20.3. The average Bonchev–Trinajstić information content (AvgIpc) is 3.41. The van der Waals surface area contributed by atoms with Gasteiger partial charge in [-0.2, -0.15) is 0 Å². The summed E-state index contributed by atoms with van der Waals surface area (Å²) in [6.45, 7) is 4.09. The Morgan fingerprint density at radius 1 is 1.03 bits per heavy atom. The third kappa shape index (κ3) is 5.66. The van der Waals surface area contributed by atoms with Crippen molar-refractivity contribution in [3.63, 3.8) is 0 Å². The van der Waals surface area contributed by atoms with Crippen molar-refractivity contribution in [3.8, 4) is 11.1 Å². The molecule has 3 unspecified atom stereocenters. The minimum Gasteiger partial charge on any atom is -0.481 e. The molecule has 0 heterocycles. The van der Waals surface area contributed by atoms with Crippen LogP contribution in [0.1, 0.15) is 63.0 Å². The Hall–Kier alpha value is -3.35. The van der Waals surface area contributed by atoms with Crippen LogP contribution in [-0.4, -0.2) is 41.8 Å². The van der Waals surface area contributed by atoms with Gasteiger partial charge in [-0.15, -0.1) is 0 Å². The topological polar surface area (TPSA) is 105 Å². The van der Waals surface area contributed by atoms with Crippen LogP contribution in [0.2, 0.25) is 0 Å². The summed E-state index contributed by atoms with van der Waals surface area (Å²) >= 11 is 0. The lowest BCUT2D eigenvalue weighted by Gasteiger charge is -2.25. The maximum absolute atomic E-state index is 13.1. The standard InChI is InChI=1S/C28H34N2O5/c1-3-17(2)26(27(33)29-19-13-12-18(14-19)15-25(31)32)30-28(34)35-16-24-22-10-6-4-8-20(22)21-9-5-7-11-23(21)24/h4-11,17-19,24,26H,3,12-16H2,1-2H3,(H,29,33)(H,30,34)(H,31,32)/t17?,18?,19?,26-/m0/s1. The average molecular weight is 479 g/mol. The molecule has 4 atom stereocenters. The van der Waals surface area contributed by atoms with Crippen molar-refractivity contribution in [2.75, 3.05) is 6.61 Å². The molecule has 35 heavy (non-hydrogen) atoms. The van der Waals surface area contributed by atoms with Crippen molar-refractivity contribution in [3.05, 3.63) is 59.7 Å². The van der Waals surface area contributed by atoms with Crippen LogP contribution >= 0.6 is 0 Å². The number of hydrogen-bond donors (Lipinski definition) is 3. The van der Waals surface area contributed by atoms with Gasteiger partial charge in [-0.3, -0.25) is 9.59 Å². The number of amides is 2. The summed E-state index contributed by atoms with van der Waals surface area (Å²) in [4.78, 5) is 36.8. The Morgan fingerprint density at radius 2 is 1.66 bits per heavy atom. The first-order valence-electron chi connectivity index (χ1n) is 12.5. The minimum absolute atomic E-state index is 0.0475. The molecule has 0 spiro atoms. The molecule has 0 saturated heterocycles. The van der Waals surface area contributed by atoms with Gasteiger partial charge in [0, 0.05) is 18.4 Å². The largest absolute Gasteiger partial charge is 0.481 e. The summed E-state index contributed by atoms with van der Waals surface area (Å²) in [6, 6.07) is 15.5. The van der Waals surface area contributed by atoms with Gasteiger partial charge >= 0.3 is 12.1 Å². The number of fused-ring (bicyclic) bond motifs is 3. The number of carboxylic acids is 1. The predicted octanol–water partition coefficient (Wildman–Crippen LogP) is 4.70. The van der Waals surface area contributed by atoms with Gasteiger partial charge in [-0.1, -0.05) is 68.8 Å². The second kappa shape index (κ2) is 10.9. The lowest BCUT2D eigenvalue weighted by molar-refractivity contribution is -0.138. The van der Waals surface area contributed by atoms with Crippen molar-refractivity contribution >= 4 is 18.0 Å². The van der Waals surface area contributed by atoms with E-state index in [2.05, 4.69) is 34.9 Å². The van der Waals surface area contributed by atoms with Crippen LogP contribution in [0, 0.1) is 11.8 Å². The molecule has 0 aromatic heterocycles. The van der Waals surface area contributed by atoms with Gasteiger partial charge in [-0.25, -0.2) is 4.79 Å². The van der Waals surface area contributed by atoms with Gasteiger partial charge < -0.3 is 20.5 Å². The fourth-order valence-electron chi connectivity index (χ4n) is 5.40. The molecule has 2 aromatic rings. The van der Waals surface area contributed by atoms with Crippen molar-refractivity contribution in [2.24, 2.45) is 11.8 Å². The van der Waals surface area contributed by atoms with Crippen LogP contribution in [0.25, 0.3) is 11.1 Å². The number of aliphatic carboxylic acids is 1. The molecule has 0 radical (unpaired) electrons. The highest BCUT2D eigenvalue weighted by molar-refractivity contribution is 5.86. The van der Waals surface area contributed by atoms with E-state index in [4.69, 9.17) is 9.84 Å². The zero-order chi connectivity index (χ0) is 24.9. The van der Waals surface area contributed by atoms with Gasteiger partial charge in [0.05, 0.1) is 0 Å². The van der Waals surface area contributed by atoms with Gasteiger partial charge in [0.1, 0.15) is 12.6 Å². The van der Waals surface area contributed by atoms with Crippen LogP contribution in [0.4, 0.5) is 4.79 Å². The summed E-state index contributed by atoms with van der Waals surface area (Å²) in [5.74, 6) is -1.10. The van der Waals surface area contributed by atoms with E-state index >= 15 is 0 Å². The molecule has 2 amide bonds. The summed E-state index contributed by atoms with van der Waals surface area (Å²) in [5.41, 5.74) is 4.59. The van der Waals surface area contributed by atoms with Crippen LogP contribution in [-0.2, 0) is 14.3 Å². The van der Waals surface area contributed by atoms with Crippen LogP contribution in [0.5, 0.6) is 0 Å². The van der Waals surface area contributed by atoms with E-state index in [-0.39, 0.29) is 42.7 Å². The molecule has 2 aromatic carbocycles. The summed E-state index contributed by atoms with van der Waals surface area (Å²) in [5, 5.41) is 14.8. The first kappa shape index (κ1) is 24.8. The Morgan fingerprint density at radius 3 is 2.26 bits per heavy atom. The van der Waals surface area contributed by atoms with Gasteiger partial charge in [0.25, 0.3) is 0 Å². The number of alkyl carbamates (subject to hydrolysis) is 1. The number of rotatable bonds is 9. The molecule has 2 aliphatic rings. The Balaban J connectivity index is 1.36. The molecule has 4 rings (SSSR count). The van der Waals surface area contributed by atoms with E-state index in [9.17, 15) is 14.4 Å². The smallest absolute Gasteiger partial charge is 0.407 e. The monoisotopic (exact) mass is 478 g/mol. The van der Waals surface area contributed by atoms with Gasteiger partial charge in [0.2, 0.25) is 5.91 Å². The fourth-order valence-corrected chi connectivity index (χ4v) is 5.40. The molecule has 2 aliphatic carbocycles. The van der Waals surface area contributed by atoms with E-state index in [1.807, 2.05) is 38.1 Å². The summed E-state index contributed by atoms with van der Waals surface area (Å²) < 4.78 is 5.65. The van der Waals surface area contributed by atoms with Gasteiger partial charge in [0.15, 0.2) is 0 Å². The lowest BCUT2D eigenvalue weighted by atomic mass is 9.97. The number of carbonyl (C=O) groups excluding carboxylic acids is 2. The maximum atomic E-state index is 13.1. The molecule has 1 fully saturated rings. The van der Waals surface area contributed by atoms with E-state index in [0.29, 0.717) is 12.8 Å². The van der Waals surface area contributed by atoms with Crippen molar-refractivity contribution in [1.82, 2.24) is 10.6 Å². The third-order valence-corrected chi connectivity index (χ3v) is 7.46. The van der Waals surface area contributed by atoms with Gasteiger partial charge in [-0.05, 0) is 53.4 Å². The molecule has 0 bridgehead atoms. The second-order valence-electron chi connectivity index (χ2n) is 9.82. The third-order valence-electron chi connectivity index (χ3n) is 7.46. The highest BCUT2D eigenvalue weighted by Gasteiger charge is 2.33. The Labute approximate surface area is 206 Å². The number of benzene rings is 2. The van der Waals surface area contributed by atoms with Crippen LogP contribution in [0.15, 0.2) is 48.5 Å². The molecule has 3 N–H and O–H groups in total. The summed E-state index contributed by atoms with van der Waals surface area (Å²) in [6.07, 6.45) is 2.42. The maximum Gasteiger partial charge on any atom is 0.407 e. The highest BCUT2D eigenvalue weighted by Crippen LogP contribution is 2.44. The van der Waals surface area contributed by atoms with Crippen LogP contribution < -0.4 is 10.6 Å². The number of nitrogens with one attached hydrogen (secondary N) is 2. The fraction of sp³-hybridized carbons (Fsp3) is 0.464. The SMILES string of the molecule is CCC(C)[C@H](NC(=O)OCC1c2ccccc2-c2ccccc21)C(=O)NC1CCC(CC(=O)O)C1. The van der Waals surface area contributed by atoms with Crippen molar-refractivity contribution < 1.29 is 24.2 Å². The normalized spacial score (nSPS) is 20.4. The highest BCUT2D eigenvalue weighted by atomic mass is 16.5. The first-order valence-corrected chi connectivity index (χ1v) is 12.5. The van der Waals surface area contributed by atoms with Crippen LogP contribution in [0.3, 0.4) is 0 Å². The second-order valence-corrected chi connectivity index (χ2v) is 9.82. The quantitative estimate of drug-likeness (QED) is 0.485. The van der Waals surface area contributed by atoms with E-state index < -0.39 is 18.1 Å². The first-order chi connectivity index (χ1) is 16.9. The number of carbonyl (C=O) groups is 3. The summed E-state index contributed by atoms with van der Waals surface area (Å²) in [7, 11) is 0. The van der Waals surface area contributed by atoms with Crippen molar-refractivity contribution in [1.29, 1.82) is 0 Å². The molecule has 7 heteroatoms. The number of ether oxygens (including phenoxy) is 1.